The number of nitrogens with one attached hydrogen (secondary N) is 2. The van der Waals surface area contributed by atoms with Crippen molar-refractivity contribution in [1.29, 1.82) is 0 Å². The lowest BCUT2D eigenvalue weighted by Crippen LogP contribution is -2.26. The van der Waals surface area contributed by atoms with Gasteiger partial charge in [-0.05, 0) is 48.9 Å². The molecule has 0 bridgehead atoms. The normalized spacial score (nSPS) is 15.0. The van der Waals surface area contributed by atoms with Gasteiger partial charge < -0.3 is 15.7 Å². The highest BCUT2D eigenvalue weighted by Gasteiger charge is 2.16. The third-order valence-electron chi connectivity index (χ3n) is 3.73. The van der Waals surface area contributed by atoms with Crippen molar-refractivity contribution in [3.8, 4) is 0 Å². The van der Waals surface area contributed by atoms with E-state index in [0.29, 0.717) is 24.9 Å². The topological polar surface area (TPSA) is 78.4 Å². The molecule has 0 aromatic heterocycles. The molecule has 1 heterocycles. The molecular weight excluding hydrogens is 268 g/mol. The molecule has 0 aliphatic carbocycles. The molecule has 3 N–H and O–H groups in total. The van der Waals surface area contributed by atoms with E-state index in [1.807, 2.05) is 13.0 Å². The molecule has 5 nitrogen and oxygen atoms in total. The fourth-order valence-electron chi connectivity index (χ4n) is 2.37. The minimum Gasteiger partial charge on any atom is -0.396 e. The number of amides is 2. The Morgan fingerprint density at radius 2 is 2.24 bits per heavy atom. The number of fused-ring (bicyclic) bond motifs is 1. The third kappa shape index (κ3) is 4.29. The van der Waals surface area contributed by atoms with Crippen LogP contribution in [0.25, 0.3) is 0 Å². The van der Waals surface area contributed by atoms with E-state index in [1.54, 1.807) is 12.1 Å². The SMILES string of the molecule is CC(CO)CCCNC(=O)c1ccc2c(c1)CCC(=O)N2. The Labute approximate surface area is 124 Å². The second kappa shape index (κ2) is 7.22. The number of hydrogen-bond donors (Lipinski definition) is 3. The molecule has 0 fully saturated rings. The molecule has 21 heavy (non-hydrogen) atoms. The number of carbonyl (C=O) groups excluding carboxylic acids is 2. The van der Waals surface area contributed by atoms with Gasteiger partial charge in [0.25, 0.3) is 5.91 Å². The minimum atomic E-state index is -0.0913. The van der Waals surface area contributed by atoms with E-state index in [1.165, 1.54) is 0 Å². The van der Waals surface area contributed by atoms with Crippen LogP contribution in [0.15, 0.2) is 18.2 Å². The van der Waals surface area contributed by atoms with Gasteiger partial charge in [0, 0.05) is 30.8 Å². The van der Waals surface area contributed by atoms with Crippen LogP contribution in [0.3, 0.4) is 0 Å². The molecular formula is C16H22N2O3. The lowest BCUT2D eigenvalue weighted by molar-refractivity contribution is -0.116. The van der Waals surface area contributed by atoms with Crippen molar-refractivity contribution in [1.82, 2.24) is 5.32 Å². The predicted molar refractivity (Wildman–Crippen MR) is 81.2 cm³/mol. The number of aliphatic hydroxyl groups excluding tert-OH is 1. The Morgan fingerprint density at radius 3 is 3.00 bits per heavy atom. The highest BCUT2D eigenvalue weighted by Crippen LogP contribution is 2.23. The first kappa shape index (κ1) is 15.5. The average Bonchev–Trinajstić information content (AvgIpc) is 2.50. The largest absolute Gasteiger partial charge is 0.396 e. The molecule has 114 valence electrons. The molecule has 1 atom stereocenters. The van der Waals surface area contributed by atoms with Crippen molar-refractivity contribution in [2.75, 3.05) is 18.5 Å². The Morgan fingerprint density at radius 1 is 1.43 bits per heavy atom. The maximum absolute atomic E-state index is 12.1. The quantitative estimate of drug-likeness (QED) is 0.698. The summed E-state index contributed by atoms with van der Waals surface area (Å²) in [6, 6.07) is 5.37. The third-order valence-corrected chi connectivity index (χ3v) is 3.73. The van der Waals surface area contributed by atoms with Crippen LogP contribution >= 0.6 is 0 Å². The van der Waals surface area contributed by atoms with E-state index in [4.69, 9.17) is 5.11 Å². The highest BCUT2D eigenvalue weighted by molar-refractivity contribution is 5.97. The van der Waals surface area contributed by atoms with Gasteiger partial charge in [0.2, 0.25) is 5.91 Å². The fraction of sp³-hybridized carbons (Fsp3) is 0.500. The zero-order chi connectivity index (χ0) is 15.2. The maximum Gasteiger partial charge on any atom is 0.251 e. The monoisotopic (exact) mass is 290 g/mol. The zero-order valence-corrected chi connectivity index (χ0v) is 12.3. The van der Waals surface area contributed by atoms with E-state index in [-0.39, 0.29) is 24.3 Å². The number of hydrogen-bond acceptors (Lipinski definition) is 3. The summed E-state index contributed by atoms with van der Waals surface area (Å²) < 4.78 is 0. The summed E-state index contributed by atoms with van der Waals surface area (Å²) in [6.07, 6.45) is 2.90. The second-order valence-electron chi connectivity index (χ2n) is 5.61. The molecule has 0 spiro atoms. The number of carbonyl (C=O) groups is 2. The van der Waals surface area contributed by atoms with Crippen molar-refractivity contribution >= 4 is 17.5 Å². The Balaban J connectivity index is 1.87. The molecule has 0 radical (unpaired) electrons. The standard InChI is InChI=1S/C16H22N2O3/c1-11(10-19)3-2-8-17-16(21)13-4-6-14-12(9-13)5-7-15(20)18-14/h4,6,9,11,19H,2-3,5,7-8,10H2,1H3,(H,17,21)(H,18,20). The summed E-state index contributed by atoms with van der Waals surface area (Å²) in [5, 5.41) is 14.6. The van der Waals surface area contributed by atoms with E-state index in [0.717, 1.165) is 24.1 Å². The van der Waals surface area contributed by atoms with Crippen LogP contribution in [0.2, 0.25) is 0 Å². The molecule has 1 aromatic carbocycles. The van der Waals surface area contributed by atoms with Gasteiger partial charge >= 0.3 is 0 Å². The summed E-state index contributed by atoms with van der Waals surface area (Å²) in [5.41, 5.74) is 2.44. The highest BCUT2D eigenvalue weighted by atomic mass is 16.3. The predicted octanol–water partition coefficient (Wildman–Crippen LogP) is 1.71. The van der Waals surface area contributed by atoms with Crippen LogP contribution in [0.5, 0.6) is 0 Å². The molecule has 1 unspecified atom stereocenters. The summed E-state index contributed by atoms with van der Waals surface area (Å²) in [6.45, 7) is 2.78. The minimum absolute atomic E-state index is 0.0257. The first-order chi connectivity index (χ1) is 10.1. The van der Waals surface area contributed by atoms with Gasteiger partial charge in [-0.2, -0.15) is 0 Å². The zero-order valence-electron chi connectivity index (χ0n) is 12.3. The Bertz CT molecular complexity index is 528. The average molecular weight is 290 g/mol. The van der Waals surface area contributed by atoms with Crippen LogP contribution in [-0.4, -0.2) is 30.1 Å². The van der Waals surface area contributed by atoms with Crippen LogP contribution in [0, 0.1) is 5.92 Å². The smallest absolute Gasteiger partial charge is 0.251 e. The van der Waals surface area contributed by atoms with Crippen molar-refractivity contribution in [3.05, 3.63) is 29.3 Å². The fourth-order valence-corrected chi connectivity index (χ4v) is 2.37. The van der Waals surface area contributed by atoms with Gasteiger partial charge in [-0.15, -0.1) is 0 Å². The van der Waals surface area contributed by atoms with E-state index >= 15 is 0 Å². The van der Waals surface area contributed by atoms with Gasteiger partial charge in [-0.1, -0.05) is 6.92 Å². The van der Waals surface area contributed by atoms with Crippen LogP contribution in [0.4, 0.5) is 5.69 Å². The number of aliphatic hydroxyl groups is 1. The van der Waals surface area contributed by atoms with Crippen molar-refractivity contribution in [2.24, 2.45) is 5.92 Å². The number of benzene rings is 1. The maximum atomic E-state index is 12.1. The van der Waals surface area contributed by atoms with Crippen LogP contribution in [-0.2, 0) is 11.2 Å². The molecule has 0 saturated heterocycles. The lowest BCUT2D eigenvalue weighted by Gasteiger charge is -2.17. The van der Waals surface area contributed by atoms with Crippen molar-refractivity contribution < 1.29 is 14.7 Å². The molecule has 2 amide bonds. The molecule has 0 saturated carbocycles. The Hall–Kier alpha value is -1.88. The lowest BCUT2D eigenvalue weighted by atomic mass is 10.00. The molecule has 2 rings (SSSR count). The summed E-state index contributed by atoms with van der Waals surface area (Å²) in [5.74, 6) is 0.207. The van der Waals surface area contributed by atoms with Gasteiger partial charge in [-0.25, -0.2) is 0 Å². The van der Waals surface area contributed by atoms with Crippen LogP contribution < -0.4 is 10.6 Å². The first-order valence-corrected chi connectivity index (χ1v) is 7.42. The second-order valence-corrected chi connectivity index (χ2v) is 5.61. The Kier molecular flexibility index (Phi) is 5.33. The molecule has 5 heteroatoms. The number of aryl methyl sites for hydroxylation is 1. The van der Waals surface area contributed by atoms with Crippen molar-refractivity contribution in [2.45, 2.75) is 32.6 Å². The number of anilines is 1. The van der Waals surface area contributed by atoms with E-state index < -0.39 is 0 Å². The van der Waals surface area contributed by atoms with Crippen molar-refractivity contribution in [3.63, 3.8) is 0 Å². The summed E-state index contributed by atoms with van der Waals surface area (Å²) >= 11 is 0. The van der Waals surface area contributed by atoms with E-state index in [9.17, 15) is 9.59 Å². The molecule has 1 aliphatic rings. The summed E-state index contributed by atoms with van der Waals surface area (Å²) in [7, 11) is 0. The first-order valence-electron chi connectivity index (χ1n) is 7.42. The number of rotatable bonds is 6. The molecule has 1 aliphatic heterocycles. The molecule has 1 aromatic rings. The summed E-state index contributed by atoms with van der Waals surface area (Å²) in [4.78, 5) is 23.4. The van der Waals surface area contributed by atoms with Gasteiger partial charge in [0.1, 0.15) is 0 Å². The van der Waals surface area contributed by atoms with Gasteiger partial charge in [0.15, 0.2) is 0 Å². The van der Waals surface area contributed by atoms with Gasteiger partial charge in [-0.3, -0.25) is 9.59 Å². The van der Waals surface area contributed by atoms with Gasteiger partial charge in [0.05, 0.1) is 0 Å². The van der Waals surface area contributed by atoms with Crippen LogP contribution in [0.1, 0.15) is 42.1 Å². The van der Waals surface area contributed by atoms with E-state index in [2.05, 4.69) is 10.6 Å².